The van der Waals surface area contributed by atoms with Gasteiger partial charge < -0.3 is 19.7 Å². The van der Waals surface area contributed by atoms with E-state index >= 15 is 0 Å². The van der Waals surface area contributed by atoms with Crippen molar-refractivity contribution < 1.29 is 14.3 Å². The van der Waals surface area contributed by atoms with Gasteiger partial charge in [0.25, 0.3) is 5.91 Å². The third kappa shape index (κ3) is 4.22. The number of amides is 1. The predicted molar refractivity (Wildman–Crippen MR) is 98.6 cm³/mol. The summed E-state index contributed by atoms with van der Waals surface area (Å²) >= 11 is 0. The highest BCUT2D eigenvalue weighted by Crippen LogP contribution is 2.32. The Kier molecular flexibility index (Phi) is 5.88. The summed E-state index contributed by atoms with van der Waals surface area (Å²) < 4.78 is 10.6. The molecule has 1 aromatic carbocycles. The van der Waals surface area contributed by atoms with E-state index in [-0.39, 0.29) is 12.7 Å². The summed E-state index contributed by atoms with van der Waals surface area (Å²) in [7, 11) is 0. The first-order valence-electron chi connectivity index (χ1n) is 8.95. The van der Waals surface area contributed by atoms with Gasteiger partial charge in [0.05, 0.1) is 0 Å². The summed E-state index contributed by atoms with van der Waals surface area (Å²) in [5.41, 5.74) is 1.31. The van der Waals surface area contributed by atoms with Gasteiger partial charge in [-0.1, -0.05) is 19.9 Å². The topological polar surface area (TPSA) is 76.6 Å². The smallest absolute Gasteiger partial charge is 0.270 e. The van der Waals surface area contributed by atoms with Gasteiger partial charge in [0, 0.05) is 25.7 Å². The maximum atomic E-state index is 12.5. The van der Waals surface area contributed by atoms with Crippen LogP contribution < -0.4 is 19.7 Å². The molecule has 1 N–H and O–H groups in total. The van der Waals surface area contributed by atoms with E-state index in [2.05, 4.69) is 34.0 Å². The summed E-state index contributed by atoms with van der Waals surface area (Å²) in [4.78, 5) is 23.1. The molecule has 2 aromatic rings. The number of anilines is 1. The van der Waals surface area contributed by atoms with Crippen LogP contribution in [-0.2, 0) is 6.54 Å². The average molecular weight is 356 g/mol. The number of nitrogens with zero attached hydrogens (tertiary/aromatic N) is 3. The zero-order valence-corrected chi connectivity index (χ0v) is 15.2. The number of fused-ring (bicyclic) bond motifs is 1. The van der Waals surface area contributed by atoms with Gasteiger partial charge in [-0.3, -0.25) is 4.79 Å². The molecule has 0 spiro atoms. The van der Waals surface area contributed by atoms with Crippen LogP contribution in [0, 0.1) is 0 Å². The molecule has 1 amide bonds. The van der Waals surface area contributed by atoms with Crippen molar-refractivity contribution in [1.29, 1.82) is 0 Å². The fourth-order valence-corrected chi connectivity index (χ4v) is 2.85. The normalized spacial score (nSPS) is 12.1. The number of ether oxygens (including phenoxy) is 2. The standard InChI is InChI=1S/C19H24N4O3/c1-3-7-23(8-4-2)18-10-15(21-12-22-18)19(24)20-11-14-5-6-16-17(9-14)26-13-25-16/h5-6,9-10,12H,3-4,7-8,11,13H2,1-2H3,(H,20,24). The molecule has 0 aliphatic carbocycles. The van der Waals surface area contributed by atoms with Gasteiger partial charge in [-0.2, -0.15) is 0 Å². The van der Waals surface area contributed by atoms with Crippen LogP contribution in [0.15, 0.2) is 30.6 Å². The highest BCUT2D eigenvalue weighted by Gasteiger charge is 2.15. The number of hydrogen-bond acceptors (Lipinski definition) is 6. The van der Waals surface area contributed by atoms with Crippen LogP contribution in [0.5, 0.6) is 11.5 Å². The summed E-state index contributed by atoms with van der Waals surface area (Å²) in [6.07, 6.45) is 3.49. The number of nitrogens with one attached hydrogen (secondary N) is 1. The molecule has 3 rings (SSSR count). The monoisotopic (exact) mass is 356 g/mol. The van der Waals surface area contributed by atoms with Gasteiger partial charge in [0.2, 0.25) is 6.79 Å². The van der Waals surface area contributed by atoms with E-state index in [4.69, 9.17) is 9.47 Å². The highest BCUT2D eigenvalue weighted by molar-refractivity contribution is 5.92. The van der Waals surface area contributed by atoms with Crippen LogP contribution >= 0.6 is 0 Å². The Morgan fingerprint density at radius 2 is 1.88 bits per heavy atom. The number of rotatable bonds is 8. The van der Waals surface area contributed by atoms with E-state index < -0.39 is 0 Å². The second-order valence-corrected chi connectivity index (χ2v) is 6.12. The van der Waals surface area contributed by atoms with Gasteiger partial charge in [-0.05, 0) is 30.5 Å². The fraction of sp³-hybridized carbons (Fsp3) is 0.421. The molecule has 0 bridgehead atoms. The lowest BCUT2D eigenvalue weighted by atomic mass is 10.2. The highest BCUT2D eigenvalue weighted by atomic mass is 16.7. The predicted octanol–water partition coefficient (Wildman–Crippen LogP) is 2.76. The Balaban J connectivity index is 1.65. The lowest BCUT2D eigenvalue weighted by Crippen LogP contribution is -2.28. The van der Waals surface area contributed by atoms with Crippen LogP contribution in [0.3, 0.4) is 0 Å². The Morgan fingerprint density at radius 3 is 2.65 bits per heavy atom. The van der Waals surface area contributed by atoms with Gasteiger partial charge in [-0.15, -0.1) is 0 Å². The van der Waals surface area contributed by atoms with Crippen molar-refractivity contribution >= 4 is 11.7 Å². The van der Waals surface area contributed by atoms with Gasteiger partial charge in [-0.25, -0.2) is 9.97 Å². The van der Waals surface area contributed by atoms with Crippen molar-refractivity contribution in [2.24, 2.45) is 0 Å². The number of hydrogen-bond donors (Lipinski definition) is 1. The largest absolute Gasteiger partial charge is 0.454 e. The number of carbonyl (C=O) groups is 1. The molecule has 2 heterocycles. The van der Waals surface area contributed by atoms with E-state index in [1.165, 1.54) is 6.33 Å². The minimum absolute atomic E-state index is 0.223. The molecule has 7 nitrogen and oxygen atoms in total. The van der Waals surface area contributed by atoms with Crippen molar-refractivity contribution in [2.45, 2.75) is 33.2 Å². The lowest BCUT2D eigenvalue weighted by molar-refractivity contribution is 0.0945. The zero-order chi connectivity index (χ0) is 18.4. The third-order valence-corrected chi connectivity index (χ3v) is 4.09. The summed E-state index contributed by atoms with van der Waals surface area (Å²) in [6.45, 7) is 6.70. The Labute approximate surface area is 153 Å². The van der Waals surface area contributed by atoms with E-state index in [9.17, 15) is 4.79 Å². The number of aromatic nitrogens is 2. The summed E-state index contributed by atoms with van der Waals surface area (Å²) in [5, 5.41) is 2.89. The lowest BCUT2D eigenvalue weighted by Gasteiger charge is -2.22. The molecule has 0 unspecified atom stereocenters. The summed E-state index contributed by atoms with van der Waals surface area (Å²) in [6, 6.07) is 7.38. The molecule has 0 radical (unpaired) electrons. The Morgan fingerprint density at radius 1 is 1.12 bits per heavy atom. The molecular weight excluding hydrogens is 332 g/mol. The van der Waals surface area contributed by atoms with Crippen molar-refractivity contribution in [1.82, 2.24) is 15.3 Å². The molecule has 1 aliphatic rings. The molecule has 0 saturated heterocycles. The van der Waals surface area contributed by atoms with Crippen molar-refractivity contribution in [2.75, 3.05) is 24.8 Å². The Bertz CT molecular complexity index is 760. The minimum atomic E-state index is -0.223. The third-order valence-electron chi connectivity index (χ3n) is 4.09. The number of carbonyl (C=O) groups excluding carboxylic acids is 1. The second-order valence-electron chi connectivity index (χ2n) is 6.12. The van der Waals surface area contributed by atoms with Crippen molar-refractivity contribution in [3.8, 4) is 11.5 Å². The van der Waals surface area contributed by atoms with Crippen molar-refractivity contribution in [3.63, 3.8) is 0 Å². The molecule has 138 valence electrons. The van der Waals surface area contributed by atoms with E-state index in [0.717, 1.165) is 43.1 Å². The molecule has 0 atom stereocenters. The van der Waals surface area contributed by atoms with Gasteiger partial charge in [0.15, 0.2) is 11.5 Å². The van der Waals surface area contributed by atoms with E-state index in [0.29, 0.717) is 18.0 Å². The zero-order valence-electron chi connectivity index (χ0n) is 15.2. The van der Waals surface area contributed by atoms with Gasteiger partial charge >= 0.3 is 0 Å². The fourth-order valence-electron chi connectivity index (χ4n) is 2.85. The molecular formula is C19H24N4O3. The molecule has 26 heavy (non-hydrogen) atoms. The van der Waals surface area contributed by atoms with Crippen LogP contribution in [0.1, 0.15) is 42.7 Å². The van der Waals surface area contributed by atoms with E-state index in [1.54, 1.807) is 6.07 Å². The number of benzene rings is 1. The molecule has 1 aliphatic heterocycles. The van der Waals surface area contributed by atoms with E-state index in [1.807, 2.05) is 18.2 Å². The average Bonchev–Trinajstić information content (AvgIpc) is 3.14. The molecule has 0 fully saturated rings. The minimum Gasteiger partial charge on any atom is -0.454 e. The van der Waals surface area contributed by atoms with Crippen LogP contribution in [0.2, 0.25) is 0 Å². The van der Waals surface area contributed by atoms with Gasteiger partial charge in [0.1, 0.15) is 17.8 Å². The van der Waals surface area contributed by atoms with Crippen LogP contribution in [0.4, 0.5) is 5.82 Å². The molecule has 7 heteroatoms. The molecule has 0 saturated carbocycles. The quantitative estimate of drug-likeness (QED) is 0.784. The Hall–Kier alpha value is -2.83. The SMILES string of the molecule is CCCN(CCC)c1cc(C(=O)NCc2ccc3c(c2)OCO3)ncn1. The molecule has 1 aromatic heterocycles. The van der Waals surface area contributed by atoms with Crippen molar-refractivity contribution in [3.05, 3.63) is 41.9 Å². The second kappa shape index (κ2) is 8.51. The first kappa shape index (κ1) is 18.0. The first-order chi connectivity index (χ1) is 12.7. The maximum absolute atomic E-state index is 12.5. The maximum Gasteiger partial charge on any atom is 0.270 e. The summed E-state index contributed by atoms with van der Waals surface area (Å²) in [5.74, 6) is 2.00. The first-order valence-corrected chi connectivity index (χ1v) is 8.95. The van der Waals surface area contributed by atoms with Crippen LogP contribution in [0.25, 0.3) is 0 Å². The van der Waals surface area contributed by atoms with Crippen LogP contribution in [-0.4, -0.2) is 35.8 Å².